The number of anilines is 1. The van der Waals surface area contributed by atoms with Crippen LogP contribution in [-0.2, 0) is 0 Å². The van der Waals surface area contributed by atoms with Crippen LogP contribution in [0.3, 0.4) is 0 Å². The van der Waals surface area contributed by atoms with Crippen LogP contribution in [0, 0.1) is 23.2 Å². The van der Waals surface area contributed by atoms with Gasteiger partial charge in [-0.3, -0.25) is 4.79 Å². The minimum absolute atomic E-state index is 0.110. The van der Waals surface area contributed by atoms with E-state index in [0.29, 0.717) is 39.0 Å². The van der Waals surface area contributed by atoms with Gasteiger partial charge in [-0.05, 0) is 42.6 Å². The number of aromatic nitrogens is 1. The highest BCUT2D eigenvalue weighted by atomic mass is 32.1. The smallest absolute Gasteiger partial charge is 0.241 e. The van der Waals surface area contributed by atoms with Crippen LogP contribution < -0.4 is 5.32 Å². The van der Waals surface area contributed by atoms with E-state index in [1.54, 1.807) is 37.3 Å². The Morgan fingerprint density at radius 3 is 2.69 bits per heavy atom. The SMILES string of the molecule is Cc1c(C(=O)c2cc(-c3ccc(N=O)cc3)no2)sc(NC2CCCC2)c1C#N. The first kappa shape index (κ1) is 19.0. The predicted octanol–water partition coefficient (Wildman–Crippen LogP) is 5.57. The lowest BCUT2D eigenvalue weighted by Crippen LogP contribution is -2.14. The highest BCUT2D eigenvalue weighted by Gasteiger charge is 2.26. The van der Waals surface area contributed by atoms with Crippen LogP contribution in [0.5, 0.6) is 0 Å². The first-order valence-electron chi connectivity index (χ1n) is 9.36. The minimum Gasteiger partial charge on any atom is -0.373 e. The van der Waals surface area contributed by atoms with Crippen molar-refractivity contribution in [3.8, 4) is 17.3 Å². The van der Waals surface area contributed by atoms with Crippen molar-refractivity contribution in [1.82, 2.24) is 5.16 Å². The third-order valence-electron chi connectivity index (χ3n) is 5.16. The van der Waals surface area contributed by atoms with Crippen molar-refractivity contribution in [2.75, 3.05) is 5.32 Å². The van der Waals surface area contributed by atoms with E-state index in [9.17, 15) is 15.0 Å². The lowest BCUT2D eigenvalue weighted by Gasteiger charge is -2.11. The molecule has 4 rings (SSSR count). The number of nitrogens with one attached hydrogen (secondary N) is 1. The van der Waals surface area contributed by atoms with Crippen LogP contribution in [0.15, 0.2) is 40.0 Å². The average molecular weight is 406 g/mol. The van der Waals surface area contributed by atoms with Gasteiger partial charge in [0.25, 0.3) is 0 Å². The molecule has 0 saturated heterocycles. The summed E-state index contributed by atoms with van der Waals surface area (Å²) in [6, 6.07) is 10.7. The maximum absolute atomic E-state index is 13.0. The van der Waals surface area contributed by atoms with Crippen LogP contribution >= 0.6 is 11.3 Å². The first-order valence-corrected chi connectivity index (χ1v) is 10.2. The van der Waals surface area contributed by atoms with Gasteiger partial charge in [0, 0.05) is 17.7 Å². The summed E-state index contributed by atoms with van der Waals surface area (Å²) in [5.41, 5.74) is 2.69. The van der Waals surface area contributed by atoms with E-state index in [1.807, 2.05) is 0 Å². The molecule has 7 nitrogen and oxygen atoms in total. The Kier molecular flexibility index (Phi) is 5.23. The van der Waals surface area contributed by atoms with Crippen molar-refractivity contribution in [3.05, 3.63) is 57.0 Å². The van der Waals surface area contributed by atoms with Crippen molar-refractivity contribution >= 4 is 27.8 Å². The van der Waals surface area contributed by atoms with Gasteiger partial charge in [-0.1, -0.05) is 30.1 Å². The number of hydrogen-bond acceptors (Lipinski definition) is 8. The number of nitrogens with zero attached hydrogens (tertiary/aromatic N) is 3. The molecule has 0 amide bonds. The molecule has 1 aliphatic rings. The Bertz CT molecular complexity index is 1100. The van der Waals surface area contributed by atoms with E-state index in [4.69, 9.17) is 4.52 Å². The van der Waals surface area contributed by atoms with Crippen LogP contribution in [0.2, 0.25) is 0 Å². The number of benzene rings is 1. The number of nitroso groups, excluding NO2 is 1. The lowest BCUT2D eigenvalue weighted by atomic mass is 10.1. The minimum atomic E-state index is -0.298. The molecule has 0 atom stereocenters. The Balaban J connectivity index is 1.61. The first-order chi connectivity index (χ1) is 14.1. The van der Waals surface area contributed by atoms with Crippen LogP contribution in [0.4, 0.5) is 10.7 Å². The van der Waals surface area contributed by atoms with Crippen molar-refractivity contribution < 1.29 is 9.32 Å². The summed E-state index contributed by atoms with van der Waals surface area (Å²) >= 11 is 1.29. The maximum atomic E-state index is 13.0. The molecule has 0 unspecified atom stereocenters. The summed E-state index contributed by atoms with van der Waals surface area (Å²) in [4.78, 5) is 24.0. The zero-order valence-corrected chi connectivity index (χ0v) is 16.6. The van der Waals surface area contributed by atoms with Gasteiger partial charge in [-0.15, -0.1) is 16.2 Å². The standard InChI is InChI=1S/C21H18N4O3S/c1-12-16(11-22)21(23-14-4-2-3-5-14)29-20(12)19(26)18-10-17(25-28-18)13-6-8-15(24-27)9-7-13/h6-10,14,23H,2-5H2,1H3. The summed E-state index contributed by atoms with van der Waals surface area (Å²) in [5.74, 6) is -0.188. The number of nitriles is 1. The number of hydrogen-bond donors (Lipinski definition) is 1. The molecule has 2 heterocycles. The van der Waals surface area contributed by atoms with Gasteiger partial charge in [0.05, 0.1) is 10.4 Å². The summed E-state index contributed by atoms with van der Waals surface area (Å²) in [6.07, 6.45) is 4.52. The summed E-state index contributed by atoms with van der Waals surface area (Å²) in [5, 5.41) is 20.6. The number of rotatable bonds is 6. The Morgan fingerprint density at radius 2 is 2.03 bits per heavy atom. The van der Waals surface area contributed by atoms with Gasteiger partial charge in [0.1, 0.15) is 22.5 Å². The second kappa shape index (κ2) is 7.97. The van der Waals surface area contributed by atoms with Crippen molar-refractivity contribution in [2.24, 2.45) is 5.18 Å². The molecular formula is C21H18N4O3S. The third-order valence-corrected chi connectivity index (χ3v) is 6.38. The summed E-state index contributed by atoms with van der Waals surface area (Å²) in [6.45, 7) is 1.78. The lowest BCUT2D eigenvalue weighted by molar-refractivity contribution is 0.100. The van der Waals surface area contributed by atoms with Crippen LogP contribution in [0.25, 0.3) is 11.3 Å². The normalized spacial score (nSPS) is 13.9. The van der Waals surface area contributed by atoms with Crippen molar-refractivity contribution in [3.63, 3.8) is 0 Å². The molecule has 3 aromatic rings. The summed E-state index contributed by atoms with van der Waals surface area (Å²) in [7, 11) is 0. The fourth-order valence-corrected chi connectivity index (χ4v) is 4.72. The Labute approximate surface area is 171 Å². The fraction of sp³-hybridized carbons (Fsp3) is 0.286. The topological polar surface area (TPSA) is 108 Å². The van der Waals surface area contributed by atoms with Gasteiger partial charge < -0.3 is 9.84 Å². The average Bonchev–Trinajstić information content (AvgIpc) is 3.49. The van der Waals surface area contributed by atoms with Crippen LogP contribution in [0.1, 0.15) is 52.2 Å². The number of ketones is 1. The van der Waals surface area contributed by atoms with E-state index in [2.05, 4.69) is 21.7 Å². The third kappa shape index (κ3) is 3.69. The monoisotopic (exact) mass is 406 g/mol. The van der Waals surface area contributed by atoms with Gasteiger partial charge in [0.15, 0.2) is 0 Å². The van der Waals surface area contributed by atoms with Crippen molar-refractivity contribution in [1.29, 1.82) is 5.26 Å². The zero-order chi connectivity index (χ0) is 20.4. The van der Waals surface area contributed by atoms with Gasteiger partial charge in [-0.25, -0.2) is 0 Å². The molecule has 1 aromatic carbocycles. The molecule has 29 heavy (non-hydrogen) atoms. The van der Waals surface area contributed by atoms with Gasteiger partial charge >= 0.3 is 0 Å². The molecule has 1 fully saturated rings. The van der Waals surface area contributed by atoms with Gasteiger partial charge in [-0.2, -0.15) is 5.26 Å². The van der Waals surface area contributed by atoms with E-state index in [1.165, 1.54) is 24.2 Å². The van der Waals surface area contributed by atoms with Crippen LogP contribution in [-0.4, -0.2) is 17.0 Å². The molecule has 0 spiro atoms. The van der Waals surface area contributed by atoms with E-state index < -0.39 is 0 Å². The molecule has 1 aliphatic carbocycles. The molecular weight excluding hydrogens is 388 g/mol. The largest absolute Gasteiger partial charge is 0.373 e. The maximum Gasteiger partial charge on any atom is 0.241 e. The molecule has 1 N–H and O–H groups in total. The number of thiophene rings is 1. The molecule has 8 heteroatoms. The molecule has 0 bridgehead atoms. The number of carbonyl (C=O) groups is 1. The molecule has 0 aliphatic heterocycles. The molecule has 1 saturated carbocycles. The van der Waals surface area contributed by atoms with Gasteiger partial charge in [0.2, 0.25) is 11.5 Å². The summed E-state index contributed by atoms with van der Waals surface area (Å²) < 4.78 is 5.28. The Hall–Kier alpha value is -3.31. The zero-order valence-electron chi connectivity index (χ0n) is 15.8. The second-order valence-electron chi connectivity index (χ2n) is 7.04. The van der Waals surface area contributed by atoms with E-state index >= 15 is 0 Å². The van der Waals surface area contributed by atoms with Crippen molar-refractivity contribution in [2.45, 2.75) is 38.6 Å². The highest BCUT2D eigenvalue weighted by Crippen LogP contribution is 2.36. The second-order valence-corrected chi connectivity index (χ2v) is 8.06. The van der Waals surface area contributed by atoms with E-state index in [-0.39, 0.29) is 11.5 Å². The highest BCUT2D eigenvalue weighted by molar-refractivity contribution is 7.18. The quantitative estimate of drug-likeness (QED) is 0.424. The molecule has 2 aromatic heterocycles. The molecule has 146 valence electrons. The fourth-order valence-electron chi connectivity index (χ4n) is 3.55. The number of carbonyl (C=O) groups excluding carboxylic acids is 1. The Morgan fingerprint density at radius 1 is 1.31 bits per heavy atom. The predicted molar refractivity (Wildman–Crippen MR) is 110 cm³/mol. The molecule has 0 radical (unpaired) electrons. The van der Waals surface area contributed by atoms with E-state index in [0.717, 1.165) is 17.8 Å².